The summed E-state index contributed by atoms with van der Waals surface area (Å²) in [5.41, 5.74) is 3.83. The summed E-state index contributed by atoms with van der Waals surface area (Å²) < 4.78 is 18.3. The average molecular weight is 412 g/mol. The van der Waals surface area contributed by atoms with Crippen LogP contribution >= 0.6 is 0 Å². The summed E-state index contributed by atoms with van der Waals surface area (Å²) in [4.78, 5) is 25.9. The zero-order valence-electron chi connectivity index (χ0n) is 16.6. The summed E-state index contributed by atoms with van der Waals surface area (Å²) in [5, 5.41) is 6.60. The van der Waals surface area contributed by atoms with Crippen LogP contribution in [0, 0.1) is 5.82 Å². The van der Waals surface area contributed by atoms with Crippen molar-refractivity contribution in [2.24, 2.45) is 5.10 Å². The van der Waals surface area contributed by atoms with E-state index in [4.69, 9.17) is 4.74 Å². The Kier molecular flexibility index (Phi) is 7.91. The molecule has 0 unspecified atom stereocenters. The van der Waals surface area contributed by atoms with Crippen molar-refractivity contribution in [3.05, 3.63) is 59.9 Å². The number of anilines is 1. The minimum absolute atomic E-state index is 0.125. The predicted molar refractivity (Wildman–Crippen MR) is 113 cm³/mol. The smallest absolute Gasteiger partial charge is 0.262 e. The van der Waals surface area contributed by atoms with Crippen molar-refractivity contribution in [3.8, 4) is 5.75 Å². The number of halogens is 1. The number of hydrazone groups is 1. The van der Waals surface area contributed by atoms with Gasteiger partial charge < -0.3 is 10.1 Å². The van der Waals surface area contributed by atoms with Crippen LogP contribution in [0.5, 0.6) is 5.75 Å². The highest BCUT2D eigenvalue weighted by Gasteiger charge is 2.13. The number of carbonyl (C=O) groups is 2. The molecule has 8 heteroatoms. The van der Waals surface area contributed by atoms with Crippen LogP contribution in [0.1, 0.15) is 24.8 Å². The molecule has 2 aromatic rings. The molecule has 0 aliphatic carbocycles. The summed E-state index contributed by atoms with van der Waals surface area (Å²) >= 11 is 0. The number of nitrogens with zero attached hydrogens (tertiary/aromatic N) is 2. The molecule has 1 aliphatic rings. The standard InChI is InChI=1S/C22H25FN4O3/c23-18-6-8-19(9-7-18)25-22(29)16-30-20-10-4-17(5-11-20)14-24-26-21(28)15-27-12-2-1-3-13-27/h4-11,14H,1-3,12-13,15-16H2,(H,25,29)(H,26,28)/b24-14-. The Hall–Kier alpha value is -3.26. The van der Waals surface area contributed by atoms with E-state index in [0.717, 1.165) is 31.5 Å². The average Bonchev–Trinajstić information content (AvgIpc) is 2.75. The zero-order valence-corrected chi connectivity index (χ0v) is 16.6. The van der Waals surface area contributed by atoms with Gasteiger partial charge in [-0.3, -0.25) is 14.5 Å². The first kappa shape index (κ1) is 21.4. The van der Waals surface area contributed by atoms with Crippen LogP contribution in [0.25, 0.3) is 0 Å². The highest BCUT2D eigenvalue weighted by atomic mass is 19.1. The molecule has 1 heterocycles. The molecular formula is C22H25FN4O3. The zero-order chi connectivity index (χ0) is 21.2. The first-order valence-electron chi connectivity index (χ1n) is 9.91. The quantitative estimate of drug-likeness (QED) is 0.516. The fraction of sp³-hybridized carbons (Fsp3) is 0.318. The fourth-order valence-electron chi connectivity index (χ4n) is 3.06. The second kappa shape index (κ2) is 11.1. The number of carbonyl (C=O) groups excluding carboxylic acids is 2. The summed E-state index contributed by atoms with van der Waals surface area (Å²) in [5.74, 6) is -0.311. The summed E-state index contributed by atoms with van der Waals surface area (Å²) in [6.07, 6.45) is 5.06. The van der Waals surface area contributed by atoms with Gasteiger partial charge in [0.2, 0.25) is 0 Å². The van der Waals surface area contributed by atoms with Crippen LogP contribution in [-0.2, 0) is 9.59 Å². The Morgan fingerprint density at radius 1 is 1.00 bits per heavy atom. The van der Waals surface area contributed by atoms with E-state index in [9.17, 15) is 14.0 Å². The third-order valence-electron chi connectivity index (χ3n) is 4.60. The van der Waals surface area contributed by atoms with Crippen LogP contribution in [0.15, 0.2) is 53.6 Å². The van der Waals surface area contributed by atoms with Gasteiger partial charge in [0, 0.05) is 5.69 Å². The number of rotatable bonds is 8. The van der Waals surface area contributed by atoms with Gasteiger partial charge in [-0.1, -0.05) is 6.42 Å². The maximum atomic E-state index is 12.9. The molecule has 30 heavy (non-hydrogen) atoms. The lowest BCUT2D eigenvalue weighted by Gasteiger charge is -2.25. The van der Waals surface area contributed by atoms with Gasteiger partial charge >= 0.3 is 0 Å². The SMILES string of the molecule is O=C(CN1CCCCC1)N/N=C\c1ccc(OCC(=O)Nc2ccc(F)cc2)cc1. The van der Waals surface area contributed by atoms with Gasteiger partial charge in [0.1, 0.15) is 11.6 Å². The summed E-state index contributed by atoms with van der Waals surface area (Å²) in [7, 11) is 0. The first-order valence-corrected chi connectivity index (χ1v) is 9.91. The van der Waals surface area contributed by atoms with Gasteiger partial charge in [0.15, 0.2) is 6.61 Å². The molecule has 1 fully saturated rings. The van der Waals surface area contributed by atoms with Gasteiger partial charge in [-0.15, -0.1) is 0 Å². The van der Waals surface area contributed by atoms with E-state index in [1.807, 2.05) is 0 Å². The molecule has 1 aliphatic heterocycles. The van der Waals surface area contributed by atoms with Gasteiger partial charge in [0.05, 0.1) is 12.8 Å². The lowest BCUT2D eigenvalue weighted by molar-refractivity contribution is -0.122. The molecule has 2 amide bonds. The van der Waals surface area contributed by atoms with Crippen molar-refractivity contribution in [2.75, 3.05) is 31.6 Å². The van der Waals surface area contributed by atoms with Crippen LogP contribution in [0.4, 0.5) is 10.1 Å². The maximum absolute atomic E-state index is 12.9. The number of likely N-dealkylation sites (tertiary alicyclic amines) is 1. The second-order valence-electron chi connectivity index (χ2n) is 7.04. The number of nitrogens with one attached hydrogen (secondary N) is 2. The Morgan fingerprint density at radius 2 is 1.70 bits per heavy atom. The van der Waals surface area contributed by atoms with E-state index >= 15 is 0 Å². The van der Waals surface area contributed by atoms with E-state index in [0.29, 0.717) is 18.0 Å². The Bertz CT molecular complexity index is 863. The molecule has 0 saturated carbocycles. The molecule has 0 atom stereocenters. The number of benzene rings is 2. The summed E-state index contributed by atoms with van der Waals surface area (Å²) in [6, 6.07) is 12.5. The van der Waals surface area contributed by atoms with E-state index < -0.39 is 0 Å². The molecule has 0 aromatic heterocycles. The molecular weight excluding hydrogens is 387 g/mol. The first-order chi connectivity index (χ1) is 14.6. The molecule has 0 spiro atoms. The Labute approximate surface area is 174 Å². The molecule has 158 valence electrons. The second-order valence-corrected chi connectivity index (χ2v) is 7.04. The van der Waals surface area contributed by atoms with Crippen molar-refractivity contribution >= 4 is 23.7 Å². The fourth-order valence-corrected chi connectivity index (χ4v) is 3.06. The molecule has 7 nitrogen and oxygen atoms in total. The minimum Gasteiger partial charge on any atom is -0.484 e. The normalized spacial score (nSPS) is 14.4. The van der Waals surface area contributed by atoms with Gasteiger partial charge in [0.25, 0.3) is 11.8 Å². The molecule has 3 rings (SSSR count). The minimum atomic E-state index is -0.366. The van der Waals surface area contributed by atoms with Crippen molar-refractivity contribution in [2.45, 2.75) is 19.3 Å². The van der Waals surface area contributed by atoms with Crippen LogP contribution in [-0.4, -0.2) is 49.2 Å². The van der Waals surface area contributed by atoms with Crippen LogP contribution in [0.2, 0.25) is 0 Å². The molecule has 0 bridgehead atoms. The maximum Gasteiger partial charge on any atom is 0.262 e. The molecule has 1 saturated heterocycles. The Balaban J connectivity index is 1.38. The van der Waals surface area contributed by atoms with E-state index in [2.05, 4.69) is 20.7 Å². The lowest BCUT2D eigenvalue weighted by atomic mass is 10.1. The summed E-state index contributed by atoms with van der Waals surface area (Å²) in [6.45, 7) is 2.11. The largest absolute Gasteiger partial charge is 0.484 e. The van der Waals surface area contributed by atoms with Crippen molar-refractivity contribution in [1.82, 2.24) is 10.3 Å². The van der Waals surface area contributed by atoms with Crippen molar-refractivity contribution in [1.29, 1.82) is 0 Å². The van der Waals surface area contributed by atoms with E-state index in [1.165, 1.54) is 30.7 Å². The Morgan fingerprint density at radius 3 is 2.40 bits per heavy atom. The highest BCUT2D eigenvalue weighted by molar-refractivity contribution is 5.91. The van der Waals surface area contributed by atoms with E-state index in [-0.39, 0.29) is 24.2 Å². The highest BCUT2D eigenvalue weighted by Crippen LogP contribution is 2.12. The van der Waals surface area contributed by atoms with Gasteiger partial charge in [-0.05, 0) is 80.0 Å². The van der Waals surface area contributed by atoms with Gasteiger partial charge in [-0.2, -0.15) is 5.10 Å². The van der Waals surface area contributed by atoms with Crippen LogP contribution < -0.4 is 15.5 Å². The number of hydrogen-bond acceptors (Lipinski definition) is 5. The number of amides is 2. The predicted octanol–water partition coefficient (Wildman–Crippen LogP) is 2.78. The lowest BCUT2D eigenvalue weighted by Crippen LogP contribution is -2.38. The molecule has 2 N–H and O–H groups in total. The molecule has 2 aromatic carbocycles. The van der Waals surface area contributed by atoms with Crippen molar-refractivity contribution in [3.63, 3.8) is 0 Å². The third-order valence-corrected chi connectivity index (χ3v) is 4.60. The van der Waals surface area contributed by atoms with Gasteiger partial charge in [-0.25, -0.2) is 9.82 Å². The number of hydrogen-bond donors (Lipinski definition) is 2. The number of ether oxygens (including phenoxy) is 1. The van der Waals surface area contributed by atoms with Crippen LogP contribution in [0.3, 0.4) is 0 Å². The number of piperidine rings is 1. The topological polar surface area (TPSA) is 83.0 Å². The third kappa shape index (κ3) is 7.29. The monoisotopic (exact) mass is 412 g/mol. The molecule has 0 radical (unpaired) electrons. The van der Waals surface area contributed by atoms with Crippen molar-refractivity contribution < 1.29 is 18.7 Å². The van der Waals surface area contributed by atoms with E-state index in [1.54, 1.807) is 30.5 Å².